The Hall–Kier alpha value is -2.99. The molecule has 2 aromatic rings. The first kappa shape index (κ1) is 19.3. The number of amides is 2. The monoisotopic (exact) mass is 392 g/mol. The molecule has 6 nitrogen and oxygen atoms in total. The van der Waals surface area contributed by atoms with Crippen LogP contribution < -0.4 is 4.90 Å². The first-order chi connectivity index (χ1) is 14.0. The molecule has 0 aliphatic carbocycles. The fraction of sp³-hybridized carbons (Fsp3) is 0.348. The summed E-state index contributed by atoms with van der Waals surface area (Å²) in [6.07, 6.45) is 3.26. The Morgan fingerprint density at radius 3 is 2.24 bits per heavy atom. The van der Waals surface area contributed by atoms with E-state index in [2.05, 4.69) is 29.2 Å². The topological polar surface area (TPSA) is 77.9 Å². The molecule has 2 amide bonds. The molecule has 6 heteroatoms. The van der Waals surface area contributed by atoms with Gasteiger partial charge in [0.1, 0.15) is 0 Å². The van der Waals surface area contributed by atoms with Crippen molar-refractivity contribution in [3.63, 3.8) is 0 Å². The fourth-order valence-corrected chi connectivity index (χ4v) is 4.34. The number of hydrogen-bond acceptors (Lipinski definition) is 4. The second kappa shape index (κ2) is 8.17. The summed E-state index contributed by atoms with van der Waals surface area (Å²) in [5, 5.41) is 9.02. The Morgan fingerprint density at radius 1 is 0.966 bits per heavy atom. The van der Waals surface area contributed by atoms with Crippen molar-refractivity contribution >= 4 is 23.5 Å². The number of rotatable bonds is 5. The number of aromatic carboxylic acids is 1. The number of likely N-dealkylation sites (tertiary alicyclic amines) is 1. The van der Waals surface area contributed by atoms with E-state index in [-0.39, 0.29) is 23.8 Å². The molecule has 1 atom stereocenters. The zero-order chi connectivity index (χ0) is 20.4. The largest absolute Gasteiger partial charge is 0.478 e. The molecular formula is C23H24N2O4. The van der Waals surface area contributed by atoms with Crippen molar-refractivity contribution in [2.24, 2.45) is 5.92 Å². The van der Waals surface area contributed by atoms with Crippen LogP contribution >= 0.6 is 0 Å². The van der Waals surface area contributed by atoms with Gasteiger partial charge in [0.2, 0.25) is 5.91 Å². The third kappa shape index (κ3) is 4.07. The molecule has 0 saturated carbocycles. The molecule has 2 fully saturated rings. The summed E-state index contributed by atoms with van der Waals surface area (Å²) in [6, 6.07) is 15.9. The molecular weight excluding hydrogens is 368 g/mol. The maximum atomic E-state index is 13.0. The van der Waals surface area contributed by atoms with E-state index in [0.29, 0.717) is 11.6 Å². The number of carboxylic acids is 1. The minimum Gasteiger partial charge on any atom is -0.478 e. The highest BCUT2D eigenvalue weighted by molar-refractivity contribution is 6.22. The molecule has 2 saturated heterocycles. The minimum absolute atomic E-state index is 0.130. The third-order valence-corrected chi connectivity index (χ3v) is 5.95. The maximum absolute atomic E-state index is 13.0. The second-order valence-corrected chi connectivity index (χ2v) is 7.81. The van der Waals surface area contributed by atoms with Crippen molar-refractivity contribution in [1.29, 1.82) is 0 Å². The lowest BCUT2D eigenvalue weighted by Crippen LogP contribution is -2.46. The summed E-state index contributed by atoms with van der Waals surface area (Å²) < 4.78 is 0. The zero-order valence-electron chi connectivity index (χ0n) is 16.2. The molecule has 2 aliphatic rings. The molecule has 1 N–H and O–H groups in total. The van der Waals surface area contributed by atoms with E-state index in [1.807, 2.05) is 6.07 Å². The Labute approximate surface area is 169 Å². The van der Waals surface area contributed by atoms with Gasteiger partial charge in [0.15, 0.2) is 0 Å². The lowest BCUT2D eigenvalue weighted by Gasteiger charge is -2.34. The lowest BCUT2D eigenvalue weighted by molar-refractivity contribution is -0.123. The number of benzene rings is 2. The molecule has 0 bridgehead atoms. The number of carboxylic acid groups (broad SMARTS) is 1. The summed E-state index contributed by atoms with van der Waals surface area (Å²) >= 11 is 0. The standard InChI is InChI=1S/C23H24N2O4/c26-21-15-20(22(27)25(21)19-8-6-18(7-9-19)23(28)29)24-12-10-17(11-13-24)14-16-4-2-1-3-5-16/h1-9,17,20H,10-15H2,(H,28,29). The highest BCUT2D eigenvalue weighted by Crippen LogP contribution is 2.29. The van der Waals surface area contributed by atoms with Gasteiger partial charge in [-0.2, -0.15) is 0 Å². The van der Waals surface area contributed by atoms with Crippen LogP contribution in [0.3, 0.4) is 0 Å². The molecule has 150 valence electrons. The SMILES string of the molecule is O=C(O)c1ccc(N2C(=O)CC(N3CCC(Cc4ccccc4)CC3)C2=O)cc1. The maximum Gasteiger partial charge on any atom is 0.335 e. The van der Waals surface area contributed by atoms with Crippen LogP contribution in [0.25, 0.3) is 0 Å². The number of carbonyl (C=O) groups excluding carboxylic acids is 2. The smallest absolute Gasteiger partial charge is 0.335 e. The van der Waals surface area contributed by atoms with Gasteiger partial charge in [0, 0.05) is 0 Å². The van der Waals surface area contributed by atoms with Crippen molar-refractivity contribution in [1.82, 2.24) is 4.90 Å². The van der Waals surface area contributed by atoms with Crippen LogP contribution in [0.1, 0.15) is 35.2 Å². The molecule has 2 aliphatic heterocycles. The van der Waals surface area contributed by atoms with E-state index < -0.39 is 12.0 Å². The van der Waals surface area contributed by atoms with E-state index >= 15 is 0 Å². The minimum atomic E-state index is -1.04. The van der Waals surface area contributed by atoms with Crippen LogP contribution in [-0.2, 0) is 16.0 Å². The van der Waals surface area contributed by atoms with Crippen molar-refractivity contribution in [2.45, 2.75) is 31.7 Å². The summed E-state index contributed by atoms with van der Waals surface area (Å²) in [5.74, 6) is -0.874. The van der Waals surface area contributed by atoms with Gasteiger partial charge >= 0.3 is 5.97 Å². The fourth-order valence-electron chi connectivity index (χ4n) is 4.34. The van der Waals surface area contributed by atoms with Gasteiger partial charge < -0.3 is 5.11 Å². The first-order valence-electron chi connectivity index (χ1n) is 10.0. The lowest BCUT2D eigenvalue weighted by atomic mass is 9.89. The Kier molecular flexibility index (Phi) is 5.45. The van der Waals surface area contributed by atoms with Crippen LogP contribution in [0.4, 0.5) is 5.69 Å². The predicted molar refractivity (Wildman–Crippen MR) is 109 cm³/mol. The second-order valence-electron chi connectivity index (χ2n) is 7.81. The molecule has 1 unspecified atom stereocenters. The number of imide groups is 1. The van der Waals surface area contributed by atoms with E-state index in [1.165, 1.54) is 34.7 Å². The molecule has 29 heavy (non-hydrogen) atoms. The van der Waals surface area contributed by atoms with Crippen molar-refractivity contribution in [3.8, 4) is 0 Å². The van der Waals surface area contributed by atoms with E-state index in [1.54, 1.807) is 0 Å². The number of nitrogens with zero attached hydrogens (tertiary/aromatic N) is 2. The average Bonchev–Trinajstić information content (AvgIpc) is 3.03. The number of hydrogen-bond donors (Lipinski definition) is 1. The van der Waals surface area contributed by atoms with Crippen LogP contribution in [0.2, 0.25) is 0 Å². The van der Waals surface area contributed by atoms with Gasteiger partial charge in [-0.25, -0.2) is 9.69 Å². The van der Waals surface area contributed by atoms with Gasteiger partial charge in [0.25, 0.3) is 5.91 Å². The van der Waals surface area contributed by atoms with Crippen molar-refractivity contribution in [2.75, 3.05) is 18.0 Å². The van der Waals surface area contributed by atoms with Crippen molar-refractivity contribution in [3.05, 3.63) is 65.7 Å². The van der Waals surface area contributed by atoms with Gasteiger partial charge in [-0.05, 0) is 68.1 Å². The summed E-state index contributed by atoms with van der Waals surface area (Å²) in [6.45, 7) is 1.62. The van der Waals surface area contributed by atoms with Gasteiger partial charge in [-0.1, -0.05) is 30.3 Å². The van der Waals surface area contributed by atoms with E-state index in [0.717, 1.165) is 32.4 Å². The van der Waals surface area contributed by atoms with Gasteiger partial charge in [-0.3, -0.25) is 14.5 Å². The van der Waals surface area contributed by atoms with Crippen LogP contribution in [-0.4, -0.2) is 46.9 Å². The Balaban J connectivity index is 1.38. The highest BCUT2D eigenvalue weighted by atomic mass is 16.4. The first-order valence-corrected chi connectivity index (χ1v) is 10.0. The molecule has 0 radical (unpaired) electrons. The number of anilines is 1. The van der Waals surface area contributed by atoms with Crippen LogP contribution in [0, 0.1) is 5.92 Å². The third-order valence-electron chi connectivity index (χ3n) is 5.95. The van der Waals surface area contributed by atoms with Gasteiger partial charge in [-0.15, -0.1) is 0 Å². The molecule has 2 heterocycles. The van der Waals surface area contributed by atoms with Crippen LogP contribution in [0.15, 0.2) is 54.6 Å². The van der Waals surface area contributed by atoms with E-state index in [9.17, 15) is 14.4 Å². The number of carbonyl (C=O) groups is 3. The normalized spacial score (nSPS) is 21.0. The van der Waals surface area contributed by atoms with Gasteiger partial charge in [0.05, 0.1) is 23.7 Å². The molecule has 4 rings (SSSR count). The molecule has 0 aromatic heterocycles. The quantitative estimate of drug-likeness (QED) is 0.792. The molecule has 2 aromatic carbocycles. The van der Waals surface area contributed by atoms with Crippen molar-refractivity contribution < 1.29 is 19.5 Å². The molecule has 0 spiro atoms. The summed E-state index contributed by atoms with van der Waals surface area (Å²) in [4.78, 5) is 39.8. The Bertz CT molecular complexity index is 902. The average molecular weight is 392 g/mol. The summed E-state index contributed by atoms with van der Waals surface area (Å²) in [7, 11) is 0. The van der Waals surface area contributed by atoms with E-state index in [4.69, 9.17) is 5.11 Å². The summed E-state index contributed by atoms with van der Waals surface area (Å²) in [5.41, 5.74) is 1.91. The number of piperidine rings is 1. The Morgan fingerprint density at radius 2 is 1.62 bits per heavy atom. The predicted octanol–water partition coefficient (Wildman–Crippen LogP) is 2.97. The zero-order valence-corrected chi connectivity index (χ0v) is 16.2. The van der Waals surface area contributed by atoms with Crippen LogP contribution in [0.5, 0.6) is 0 Å². The highest BCUT2D eigenvalue weighted by Gasteiger charge is 2.43.